The predicted octanol–water partition coefficient (Wildman–Crippen LogP) is 6.28. The molecule has 0 bridgehead atoms. The lowest BCUT2D eigenvalue weighted by molar-refractivity contribution is 1.11. The Morgan fingerprint density at radius 1 is 0.920 bits per heavy atom. The summed E-state index contributed by atoms with van der Waals surface area (Å²) in [6, 6.07) is 17.6. The van der Waals surface area contributed by atoms with Crippen molar-refractivity contribution in [1.29, 1.82) is 0 Å². The van der Waals surface area contributed by atoms with E-state index in [1.807, 2.05) is 60.0 Å². The molecule has 0 atom stereocenters. The topological polar surface area (TPSA) is 37.8 Å². The number of hydrogen-bond acceptors (Lipinski definition) is 4. The number of fused-ring (bicyclic) bond motifs is 1. The standard InChI is InChI=1S/C19H13Cl2N3S/c20-13-7-5-12(6-8-13)11-22-18-14-3-1-2-4-16(14)23-19(24-18)17-15(21)9-10-25-17/h1-10H,11H2,(H,22,23,24). The number of aromatic nitrogens is 2. The fourth-order valence-corrected chi connectivity index (χ4v) is 3.75. The SMILES string of the molecule is Clc1ccc(CNc2nc(-c3sccc3Cl)nc3ccccc23)cc1. The lowest BCUT2D eigenvalue weighted by Gasteiger charge is -2.11. The Hall–Kier alpha value is -2.14. The molecule has 0 spiro atoms. The average molecular weight is 386 g/mol. The lowest BCUT2D eigenvalue weighted by atomic mass is 10.2. The monoisotopic (exact) mass is 385 g/mol. The maximum atomic E-state index is 6.26. The van der Waals surface area contributed by atoms with Crippen molar-refractivity contribution in [3.8, 4) is 10.7 Å². The van der Waals surface area contributed by atoms with Crippen LogP contribution in [0.15, 0.2) is 60.0 Å². The van der Waals surface area contributed by atoms with Gasteiger partial charge in [0.05, 0.1) is 15.4 Å². The summed E-state index contributed by atoms with van der Waals surface area (Å²) in [6.45, 7) is 0.649. The first kappa shape index (κ1) is 16.3. The zero-order valence-corrected chi connectivity index (χ0v) is 15.4. The van der Waals surface area contributed by atoms with Gasteiger partial charge in [0.2, 0.25) is 0 Å². The molecule has 0 unspecified atom stereocenters. The molecule has 2 aromatic heterocycles. The van der Waals surface area contributed by atoms with Gasteiger partial charge in [0, 0.05) is 17.0 Å². The largest absolute Gasteiger partial charge is 0.365 e. The number of thiophene rings is 1. The molecule has 6 heteroatoms. The number of rotatable bonds is 4. The summed E-state index contributed by atoms with van der Waals surface area (Å²) in [5, 5.41) is 7.73. The van der Waals surface area contributed by atoms with Crippen LogP contribution in [0.4, 0.5) is 5.82 Å². The molecule has 0 saturated heterocycles. The van der Waals surface area contributed by atoms with Crippen LogP contribution in [0, 0.1) is 0 Å². The normalized spacial score (nSPS) is 11.0. The third-order valence-corrected chi connectivity index (χ3v) is 5.39. The third kappa shape index (κ3) is 3.47. The van der Waals surface area contributed by atoms with Gasteiger partial charge in [-0.2, -0.15) is 0 Å². The van der Waals surface area contributed by atoms with Gasteiger partial charge in [0.1, 0.15) is 5.82 Å². The van der Waals surface area contributed by atoms with E-state index in [0.717, 1.165) is 32.2 Å². The maximum absolute atomic E-state index is 6.26. The van der Waals surface area contributed by atoms with E-state index in [1.54, 1.807) is 0 Å². The van der Waals surface area contributed by atoms with E-state index in [-0.39, 0.29) is 0 Å². The molecule has 0 aliphatic heterocycles. The first-order chi connectivity index (χ1) is 12.2. The lowest BCUT2D eigenvalue weighted by Crippen LogP contribution is -2.04. The number of para-hydroxylation sites is 1. The number of benzene rings is 2. The minimum Gasteiger partial charge on any atom is -0.365 e. The molecule has 4 aromatic rings. The Balaban J connectivity index is 1.73. The van der Waals surface area contributed by atoms with Gasteiger partial charge in [-0.25, -0.2) is 9.97 Å². The highest BCUT2D eigenvalue weighted by molar-refractivity contribution is 7.14. The second-order valence-corrected chi connectivity index (χ2v) is 7.25. The van der Waals surface area contributed by atoms with Gasteiger partial charge in [0.15, 0.2) is 5.82 Å². The first-order valence-electron chi connectivity index (χ1n) is 7.69. The van der Waals surface area contributed by atoms with Crippen LogP contribution in [0.1, 0.15) is 5.56 Å². The van der Waals surface area contributed by atoms with Crippen LogP contribution in [0.5, 0.6) is 0 Å². The van der Waals surface area contributed by atoms with Crippen molar-refractivity contribution in [2.24, 2.45) is 0 Å². The third-order valence-electron chi connectivity index (χ3n) is 3.80. The highest BCUT2D eigenvalue weighted by atomic mass is 35.5. The number of hydrogen-bond donors (Lipinski definition) is 1. The smallest absolute Gasteiger partial charge is 0.173 e. The molecule has 25 heavy (non-hydrogen) atoms. The molecule has 0 saturated carbocycles. The Morgan fingerprint density at radius 2 is 1.72 bits per heavy atom. The first-order valence-corrected chi connectivity index (χ1v) is 9.33. The van der Waals surface area contributed by atoms with Crippen molar-refractivity contribution in [3.63, 3.8) is 0 Å². The number of halogens is 2. The predicted molar refractivity (Wildman–Crippen MR) is 107 cm³/mol. The number of nitrogens with one attached hydrogen (secondary N) is 1. The van der Waals surface area contributed by atoms with E-state index in [4.69, 9.17) is 28.2 Å². The fourth-order valence-electron chi connectivity index (χ4n) is 2.55. The minimum atomic E-state index is 0.636. The van der Waals surface area contributed by atoms with Gasteiger partial charge in [-0.3, -0.25) is 0 Å². The Labute approximate surface area is 159 Å². The summed E-state index contributed by atoms with van der Waals surface area (Å²) in [5.74, 6) is 1.43. The van der Waals surface area contributed by atoms with Gasteiger partial charge in [-0.15, -0.1) is 11.3 Å². The number of anilines is 1. The summed E-state index contributed by atoms with van der Waals surface area (Å²) >= 11 is 13.7. The molecule has 2 aromatic carbocycles. The van der Waals surface area contributed by atoms with E-state index in [1.165, 1.54) is 11.3 Å². The van der Waals surface area contributed by atoms with E-state index in [0.29, 0.717) is 17.4 Å². The van der Waals surface area contributed by atoms with E-state index in [9.17, 15) is 0 Å². The molecule has 1 N–H and O–H groups in total. The fraction of sp³-hybridized carbons (Fsp3) is 0.0526. The van der Waals surface area contributed by atoms with Crippen LogP contribution in [-0.4, -0.2) is 9.97 Å². The molecule has 0 aliphatic carbocycles. The molecule has 124 valence electrons. The van der Waals surface area contributed by atoms with Crippen molar-refractivity contribution in [1.82, 2.24) is 9.97 Å². The van der Waals surface area contributed by atoms with Gasteiger partial charge in [0.25, 0.3) is 0 Å². The van der Waals surface area contributed by atoms with Gasteiger partial charge >= 0.3 is 0 Å². The zero-order valence-electron chi connectivity index (χ0n) is 13.0. The van der Waals surface area contributed by atoms with E-state index < -0.39 is 0 Å². The molecule has 0 aliphatic rings. The zero-order chi connectivity index (χ0) is 17.2. The van der Waals surface area contributed by atoms with Gasteiger partial charge < -0.3 is 5.32 Å². The molecule has 0 amide bonds. The second kappa shape index (κ2) is 7.00. The van der Waals surface area contributed by atoms with Crippen molar-refractivity contribution in [3.05, 3.63) is 75.6 Å². The highest BCUT2D eigenvalue weighted by Gasteiger charge is 2.12. The Bertz CT molecular complexity index is 1030. The van der Waals surface area contributed by atoms with Gasteiger partial charge in [-0.1, -0.05) is 47.5 Å². The minimum absolute atomic E-state index is 0.636. The second-order valence-electron chi connectivity index (χ2n) is 5.49. The van der Waals surface area contributed by atoms with Crippen LogP contribution in [-0.2, 0) is 6.54 Å². The maximum Gasteiger partial charge on any atom is 0.173 e. The Morgan fingerprint density at radius 3 is 2.48 bits per heavy atom. The summed E-state index contributed by atoms with van der Waals surface area (Å²) in [4.78, 5) is 10.3. The van der Waals surface area contributed by atoms with Crippen molar-refractivity contribution >= 4 is 51.3 Å². The van der Waals surface area contributed by atoms with Crippen LogP contribution < -0.4 is 5.32 Å². The molecule has 4 rings (SSSR count). The summed E-state index contributed by atoms with van der Waals surface area (Å²) in [5.41, 5.74) is 2.01. The molecular weight excluding hydrogens is 373 g/mol. The molecule has 0 fully saturated rings. The van der Waals surface area contributed by atoms with Crippen LogP contribution in [0.3, 0.4) is 0 Å². The number of nitrogens with zero attached hydrogens (tertiary/aromatic N) is 2. The van der Waals surface area contributed by atoms with E-state index >= 15 is 0 Å². The molecule has 3 nitrogen and oxygen atoms in total. The van der Waals surface area contributed by atoms with Gasteiger partial charge in [-0.05, 0) is 41.3 Å². The Kier molecular flexibility index (Phi) is 4.57. The molecular formula is C19H13Cl2N3S. The molecule has 0 radical (unpaired) electrons. The quantitative estimate of drug-likeness (QED) is 0.449. The molecule has 2 heterocycles. The summed E-state index contributed by atoms with van der Waals surface area (Å²) < 4.78 is 0. The van der Waals surface area contributed by atoms with Crippen LogP contribution in [0.25, 0.3) is 21.6 Å². The summed E-state index contributed by atoms with van der Waals surface area (Å²) in [6.07, 6.45) is 0. The summed E-state index contributed by atoms with van der Waals surface area (Å²) in [7, 11) is 0. The van der Waals surface area contributed by atoms with Crippen molar-refractivity contribution < 1.29 is 0 Å². The highest BCUT2D eigenvalue weighted by Crippen LogP contribution is 2.33. The van der Waals surface area contributed by atoms with Crippen LogP contribution >= 0.6 is 34.5 Å². The van der Waals surface area contributed by atoms with Crippen LogP contribution in [0.2, 0.25) is 10.0 Å². The van der Waals surface area contributed by atoms with E-state index in [2.05, 4.69) is 10.3 Å². The average Bonchev–Trinajstić information content (AvgIpc) is 3.07. The van der Waals surface area contributed by atoms with Crippen molar-refractivity contribution in [2.75, 3.05) is 5.32 Å². The van der Waals surface area contributed by atoms with Crippen molar-refractivity contribution in [2.45, 2.75) is 6.54 Å².